The van der Waals surface area contributed by atoms with Gasteiger partial charge in [0.1, 0.15) is 0 Å². The molecule has 0 radical (unpaired) electrons. The quantitative estimate of drug-likeness (QED) is 0.565. The molecule has 3 rings (SSSR count). The standard InChI is InChI=1S/C21H21N3O4S/c1-4-22-19(25)14-8-7-12(2)15(11-14)23-21(27)18-13(3)10-17(29-18)24-20(26)16-6-5-9-28-16/h5-11H,4H2,1-3H3,(H,22,25)(H,23,27)(H,24,26). The molecule has 1 aromatic carbocycles. The Bertz CT molecular complexity index is 1050. The second-order valence-corrected chi connectivity index (χ2v) is 7.45. The Labute approximate surface area is 172 Å². The third kappa shape index (κ3) is 4.72. The third-order valence-corrected chi connectivity index (χ3v) is 5.34. The van der Waals surface area contributed by atoms with Gasteiger partial charge in [-0.1, -0.05) is 6.07 Å². The minimum atomic E-state index is -0.381. The molecule has 0 saturated carbocycles. The molecule has 0 bridgehead atoms. The minimum absolute atomic E-state index is 0.194. The van der Waals surface area contributed by atoms with Gasteiger partial charge in [-0.15, -0.1) is 11.3 Å². The van der Waals surface area contributed by atoms with E-state index in [0.717, 1.165) is 11.1 Å². The molecular formula is C21H21N3O4S. The van der Waals surface area contributed by atoms with Crippen LogP contribution in [0.5, 0.6) is 0 Å². The maximum absolute atomic E-state index is 12.8. The van der Waals surface area contributed by atoms with Crippen molar-refractivity contribution in [1.82, 2.24) is 5.32 Å². The number of carbonyl (C=O) groups excluding carboxylic acids is 3. The van der Waals surface area contributed by atoms with Crippen molar-refractivity contribution >= 4 is 39.7 Å². The Hall–Kier alpha value is -3.39. The predicted octanol–water partition coefficient (Wildman–Crippen LogP) is 4.21. The molecule has 8 heteroatoms. The summed E-state index contributed by atoms with van der Waals surface area (Å²) in [6, 6.07) is 10.1. The highest BCUT2D eigenvalue weighted by molar-refractivity contribution is 7.18. The highest BCUT2D eigenvalue weighted by atomic mass is 32.1. The van der Waals surface area contributed by atoms with Crippen molar-refractivity contribution in [2.24, 2.45) is 0 Å². The fourth-order valence-corrected chi connectivity index (χ4v) is 3.65. The van der Waals surface area contributed by atoms with Gasteiger partial charge in [-0.05, 0) is 62.2 Å². The summed E-state index contributed by atoms with van der Waals surface area (Å²) >= 11 is 1.17. The maximum atomic E-state index is 12.8. The third-order valence-electron chi connectivity index (χ3n) is 4.19. The first-order valence-corrected chi connectivity index (χ1v) is 9.86. The van der Waals surface area contributed by atoms with Crippen molar-refractivity contribution in [2.75, 3.05) is 17.2 Å². The molecule has 0 unspecified atom stereocenters. The highest BCUT2D eigenvalue weighted by Gasteiger charge is 2.18. The fourth-order valence-electron chi connectivity index (χ4n) is 2.69. The fraction of sp³-hybridized carbons (Fsp3) is 0.190. The van der Waals surface area contributed by atoms with E-state index in [4.69, 9.17) is 4.42 Å². The lowest BCUT2D eigenvalue weighted by Gasteiger charge is -2.10. The zero-order chi connectivity index (χ0) is 21.0. The zero-order valence-electron chi connectivity index (χ0n) is 16.3. The van der Waals surface area contributed by atoms with Crippen LogP contribution >= 0.6 is 11.3 Å². The monoisotopic (exact) mass is 411 g/mol. The van der Waals surface area contributed by atoms with Gasteiger partial charge in [0.2, 0.25) is 0 Å². The number of hydrogen-bond acceptors (Lipinski definition) is 5. The predicted molar refractivity (Wildman–Crippen MR) is 113 cm³/mol. The molecule has 0 aliphatic heterocycles. The number of nitrogens with one attached hydrogen (secondary N) is 3. The van der Waals surface area contributed by atoms with Crippen molar-refractivity contribution in [3.05, 3.63) is 70.0 Å². The second kappa shape index (κ2) is 8.74. The number of furan rings is 1. The van der Waals surface area contributed by atoms with Crippen LogP contribution < -0.4 is 16.0 Å². The van der Waals surface area contributed by atoms with Crippen molar-refractivity contribution < 1.29 is 18.8 Å². The van der Waals surface area contributed by atoms with E-state index in [1.807, 2.05) is 13.8 Å². The summed E-state index contributed by atoms with van der Waals surface area (Å²) in [4.78, 5) is 37.4. The molecule has 3 N–H and O–H groups in total. The highest BCUT2D eigenvalue weighted by Crippen LogP contribution is 2.28. The lowest BCUT2D eigenvalue weighted by Crippen LogP contribution is -2.23. The van der Waals surface area contributed by atoms with E-state index in [-0.39, 0.29) is 23.5 Å². The van der Waals surface area contributed by atoms with E-state index < -0.39 is 0 Å². The van der Waals surface area contributed by atoms with E-state index >= 15 is 0 Å². The first kappa shape index (κ1) is 20.3. The van der Waals surface area contributed by atoms with E-state index in [1.165, 1.54) is 17.6 Å². The summed E-state index contributed by atoms with van der Waals surface area (Å²) in [6.07, 6.45) is 1.42. The van der Waals surface area contributed by atoms with Gasteiger partial charge >= 0.3 is 0 Å². The SMILES string of the molecule is CCNC(=O)c1ccc(C)c(NC(=O)c2sc(NC(=O)c3ccco3)cc2C)c1. The lowest BCUT2D eigenvalue weighted by atomic mass is 10.1. The van der Waals surface area contributed by atoms with E-state index in [9.17, 15) is 14.4 Å². The van der Waals surface area contributed by atoms with Crippen LogP contribution in [0, 0.1) is 13.8 Å². The molecule has 0 saturated heterocycles. The van der Waals surface area contributed by atoms with E-state index in [1.54, 1.807) is 43.3 Å². The molecule has 0 fully saturated rings. The van der Waals surface area contributed by atoms with Crippen LogP contribution in [0.15, 0.2) is 47.1 Å². The van der Waals surface area contributed by atoms with Crippen molar-refractivity contribution in [1.29, 1.82) is 0 Å². The number of carbonyl (C=O) groups is 3. The van der Waals surface area contributed by atoms with Crippen LogP contribution in [0.25, 0.3) is 0 Å². The van der Waals surface area contributed by atoms with Gasteiger partial charge < -0.3 is 20.4 Å². The van der Waals surface area contributed by atoms with Crippen LogP contribution in [-0.4, -0.2) is 24.3 Å². The van der Waals surface area contributed by atoms with E-state index in [0.29, 0.717) is 27.7 Å². The van der Waals surface area contributed by atoms with Crippen LogP contribution in [0.2, 0.25) is 0 Å². The molecule has 29 heavy (non-hydrogen) atoms. The molecule has 7 nitrogen and oxygen atoms in total. The molecule has 150 valence electrons. The van der Waals surface area contributed by atoms with Gasteiger partial charge in [-0.2, -0.15) is 0 Å². The van der Waals surface area contributed by atoms with Crippen LogP contribution in [0.3, 0.4) is 0 Å². The average Bonchev–Trinajstić information content (AvgIpc) is 3.33. The Morgan fingerprint density at radius 2 is 1.76 bits per heavy atom. The van der Waals surface area contributed by atoms with Crippen molar-refractivity contribution in [2.45, 2.75) is 20.8 Å². The number of amides is 3. The first-order valence-electron chi connectivity index (χ1n) is 9.04. The Morgan fingerprint density at radius 1 is 0.966 bits per heavy atom. The van der Waals surface area contributed by atoms with Gasteiger partial charge in [-0.3, -0.25) is 14.4 Å². The molecular weight excluding hydrogens is 390 g/mol. The van der Waals surface area contributed by atoms with Gasteiger partial charge in [0.05, 0.1) is 16.1 Å². The molecule has 3 aromatic rings. The largest absolute Gasteiger partial charge is 0.459 e. The molecule has 2 heterocycles. The minimum Gasteiger partial charge on any atom is -0.459 e. The summed E-state index contributed by atoms with van der Waals surface area (Å²) in [7, 11) is 0. The number of rotatable bonds is 6. The molecule has 0 spiro atoms. The van der Waals surface area contributed by atoms with Crippen molar-refractivity contribution in [3.63, 3.8) is 0 Å². The number of hydrogen-bond donors (Lipinski definition) is 3. The normalized spacial score (nSPS) is 10.4. The van der Waals surface area contributed by atoms with Crippen molar-refractivity contribution in [3.8, 4) is 0 Å². The average molecular weight is 411 g/mol. The summed E-state index contributed by atoms with van der Waals surface area (Å²) in [5, 5.41) is 8.87. The molecule has 0 aliphatic rings. The van der Waals surface area contributed by atoms with Gasteiger partial charge in [0, 0.05) is 17.8 Å². The van der Waals surface area contributed by atoms with Gasteiger partial charge in [0.15, 0.2) is 5.76 Å². The Balaban J connectivity index is 1.76. The van der Waals surface area contributed by atoms with Gasteiger partial charge in [-0.25, -0.2) is 0 Å². The lowest BCUT2D eigenvalue weighted by molar-refractivity contribution is 0.0953. The summed E-state index contributed by atoms with van der Waals surface area (Å²) in [6.45, 7) is 6.02. The number of benzene rings is 1. The summed E-state index contributed by atoms with van der Waals surface area (Å²) in [5.74, 6) is -0.686. The van der Waals surface area contributed by atoms with Crippen LogP contribution in [0.4, 0.5) is 10.7 Å². The smallest absolute Gasteiger partial charge is 0.291 e. The Kier molecular flexibility index (Phi) is 6.13. The molecule has 0 atom stereocenters. The second-order valence-electron chi connectivity index (χ2n) is 6.40. The number of aryl methyl sites for hydroxylation is 2. The molecule has 3 amide bonds. The summed E-state index contributed by atoms with van der Waals surface area (Å²) in [5.41, 5.74) is 2.61. The summed E-state index contributed by atoms with van der Waals surface area (Å²) < 4.78 is 5.07. The number of thiophene rings is 1. The molecule has 2 aromatic heterocycles. The molecule has 0 aliphatic carbocycles. The number of anilines is 2. The van der Waals surface area contributed by atoms with Crippen LogP contribution in [0.1, 0.15) is 48.6 Å². The van der Waals surface area contributed by atoms with Crippen LogP contribution in [-0.2, 0) is 0 Å². The van der Waals surface area contributed by atoms with E-state index in [2.05, 4.69) is 16.0 Å². The van der Waals surface area contributed by atoms with Gasteiger partial charge in [0.25, 0.3) is 17.7 Å². The first-order chi connectivity index (χ1) is 13.9. The zero-order valence-corrected chi connectivity index (χ0v) is 17.1. The topological polar surface area (TPSA) is 100 Å². The maximum Gasteiger partial charge on any atom is 0.291 e. The Morgan fingerprint density at radius 3 is 2.45 bits per heavy atom.